The zero-order chi connectivity index (χ0) is 14.9. The molecule has 1 aliphatic rings. The van der Waals surface area contributed by atoms with Gasteiger partial charge < -0.3 is 4.74 Å². The zero-order valence-corrected chi connectivity index (χ0v) is 13.2. The molecule has 1 saturated heterocycles. The molecule has 1 aromatic carbocycles. The Morgan fingerprint density at radius 1 is 1.14 bits per heavy atom. The predicted octanol–water partition coefficient (Wildman–Crippen LogP) is 1.99. The maximum Gasteiger partial charge on any atom is 0.235 e. The fourth-order valence-electron chi connectivity index (χ4n) is 2.53. The van der Waals surface area contributed by atoms with Gasteiger partial charge in [0.15, 0.2) is 5.82 Å². The molecule has 0 aliphatic carbocycles. The van der Waals surface area contributed by atoms with E-state index in [1.165, 1.54) is 5.56 Å². The van der Waals surface area contributed by atoms with Crippen LogP contribution in [-0.4, -0.2) is 51.0 Å². The number of nitrogens with zero attached hydrogens (tertiary/aromatic N) is 5. The van der Waals surface area contributed by atoms with E-state index in [9.17, 15) is 0 Å². The number of fused-ring (bicyclic) bond motifs is 1. The Morgan fingerprint density at radius 2 is 1.91 bits per heavy atom. The largest absolute Gasteiger partial charge is 0.379 e. The molecule has 0 saturated carbocycles. The lowest BCUT2D eigenvalue weighted by Crippen LogP contribution is -2.36. The van der Waals surface area contributed by atoms with E-state index in [2.05, 4.69) is 46.3 Å². The van der Waals surface area contributed by atoms with E-state index in [4.69, 9.17) is 9.84 Å². The smallest absolute Gasteiger partial charge is 0.235 e. The van der Waals surface area contributed by atoms with Crippen LogP contribution >= 0.6 is 11.3 Å². The first-order chi connectivity index (χ1) is 10.8. The number of rotatable bonds is 3. The molecule has 2 aromatic heterocycles. The van der Waals surface area contributed by atoms with Gasteiger partial charge in [-0.05, 0) is 6.92 Å². The van der Waals surface area contributed by atoms with E-state index in [0.29, 0.717) is 0 Å². The van der Waals surface area contributed by atoms with Crippen LogP contribution in [0.15, 0.2) is 24.3 Å². The number of morpholine rings is 1. The average molecular weight is 315 g/mol. The van der Waals surface area contributed by atoms with E-state index in [-0.39, 0.29) is 0 Å². The standard InChI is InChI=1S/C15H17N5OS/c1-11-2-4-12(5-3-11)14-18-20-13(16-17-15(20)22-14)10-19-6-8-21-9-7-19/h2-5H,6-10H2,1H3. The van der Waals surface area contributed by atoms with E-state index < -0.39 is 0 Å². The maximum absolute atomic E-state index is 5.38. The van der Waals surface area contributed by atoms with Gasteiger partial charge in [-0.2, -0.15) is 9.61 Å². The minimum atomic E-state index is 0.765. The highest BCUT2D eigenvalue weighted by Gasteiger charge is 2.17. The van der Waals surface area contributed by atoms with Gasteiger partial charge in [0.05, 0.1) is 19.8 Å². The lowest BCUT2D eigenvalue weighted by atomic mass is 10.2. The number of aromatic nitrogens is 4. The molecule has 0 spiro atoms. The van der Waals surface area contributed by atoms with Crippen LogP contribution in [0.3, 0.4) is 0 Å². The average Bonchev–Trinajstić information content (AvgIpc) is 3.11. The quantitative estimate of drug-likeness (QED) is 0.740. The van der Waals surface area contributed by atoms with Gasteiger partial charge in [0.25, 0.3) is 0 Å². The lowest BCUT2D eigenvalue weighted by molar-refractivity contribution is 0.0328. The highest BCUT2D eigenvalue weighted by Crippen LogP contribution is 2.25. The maximum atomic E-state index is 5.38. The van der Waals surface area contributed by atoms with Crippen molar-refractivity contribution in [2.45, 2.75) is 13.5 Å². The Morgan fingerprint density at radius 3 is 2.68 bits per heavy atom. The molecule has 7 heteroatoms. The fraction of sp³-hybridized carbons (Fsp3) is 0.400. The third-order valence-electron chi connectivity index (χ3n) is 3.82. The Labute approximate surface area is 132 Å². The van der Waals surface area contributed by atoms with Gasteiger partial charge >= 0.3 is 0 Å². The lowest BCUT2D eigenvalue weighted by Gasteiger charge is -2.25. The summed E-state index contributed by atoms with van der Waals surface area (Å²) < 4.78 is 7.25. The van der Waals surface area contributed by atoms with Crippen LogP contribution in [0.2, 0.25) is 0 Å². The minimum Gasteiger partial charge on any atom is -0.379 e. The van der Waals surface area contributed by atoms with Crippen LogP contribution in [0.4, 0.5) is 0 Å². The van der Waals surface area contributed by atoms with Gasteiger partial charge in [-0.15, -0.1) is 10.2 Å². The molecule has 0 radical (unpaired) electrons. The zero-order valence-electron chi connectivity index (χ0n) is 12.4. The number of hydrogen-bond acceptors (Lipinski definition) is 6. The topological polar surface area (TPSA) is 55.5 Å². The fourth-order valence-corrected chi connectivity index (χ4v) is 3.39. The summed E-state index contributed by atoms with van der Waals surface area (Å²) in [4.78, 5) is 3.17. The molecule has 3 aromatic rings. The van der Waals surface area contributed by atoms with Crippen LogP contribution < -0.4 is 0 Å². The van der Waals surface area contributed by atoms with Gasteiger partial charge in [-0.1, -0.05) is 41.2 Å². The molecule has 6 nitrogen and oxygen atoms in total. The minimum absolute atomic E-state index is 0.765. The Bertz CT molecular complexity index is 773. The van der Waals surface area contributed by atoms with Gasteiger partial charge in [0.2, 0.25) is 4.96 Å². The van der Waals surface area contributed by atoms with Crippen LogP contribution in [0.5, 0.6) is 0 Å². The van der Waals surface area contributed by atoms with Crippen molar-refractivity contribution in [1.82, 2.24) is 24.7 Å². The summed E-state index contributed by atoms with van der Waals surface area (Å²) in [5.41, 5.74) is 2.37. The summed E-state index contributed by atoms with van der Waals surface area (Å²) in [5.74, 6) is 0.895. The number of benzene rings is 1. The summed E-state index contributed by atoms with van der Waals surface area (Å²) in [6, 6.07) is 8.41. The van der Waals surface area contributed by atoms with Gasteiger partial charge in [0.1, 0.15) is 5.01 Å². The van der Waals surface area contributed by atoms with E-state index in [1.54, 1.807) is 11.3 Å². The first-order valence-electron chi connectivity index (χ1n) is 7.38. The van der Waals surface area contributed by atoms with Crippen molar-refractivity contribution >= 4 is 16.3 Å². The highest BCUT2D eigenvalue weighted by atomic mass is 32.1. The molecular formula is C15H17N5OS. The highest BCUT2D eigenvalue weighted by molar-refractivity contribution is 7.19. The normalized spacial score (nSPS) is 16.4. The first kappa shape index (κ1) is 13.8. The molecule has 114 valence electrons. The van der Waals surface area contributed by atoms with E-state index in [1.807, 2.05) is 4.52 Å². The third kappa shape index (κ3) is 2.63. The van der Waals surface area contributed by atoms with Gasteiger partial charge in [0, 0.05) is 18.7 Å². The summed E-state index contributed by atoms with van der Waals surface area (Å²) in [5, 5.41) is 14.2. The molecule has 3 heterocycles. The van der Waals surface area contributed by atoms with Crippen molar-refractivity contribution in [3.8, 4) is 10.6 Å². The molecule has 0 atom stereocenters. The first-order valence-corrected chi connectivity index (χ1v) is 8.19. The van der Waals surface area contributed by atoms with Crippen molar-refractivity contribution in [2.24, 2.45) is 0 Å². The molecule has 1 fully saturated rings. The monoisotopic (exact) mass is 315 g/mol. The summed E-state index contributed by atoms with van der Waals surface area (Å²) in [6.45, 7) is 6.29. The molecular weight excluding hydrogens is 298 g/mol. The number of hydrogen-bond donors (Lipinski definition) is 0. The number of aryl methyl sites for hydroxylation is 1. The van der Waals surface area contributed by atoms with E-state index in [0.717, 1.165) is 54.2 Å². The Balaban J connectivity index is 1.62. The van der Waals surface area contributed by atoms with Crippen molar-refractivity contribution in [3.05, 3.63) is 35.7 Å². The number of ether oxygens (including phenoxy) is 1. The van der Waals surface area contributed by atoms with Crippen molar-refractivity contribution in [1.29, 1.82) is 0 Å². The molecule has 0 bridgehead atoms. The van der Waals surface area contributed by atoms with Crippen LogP contribution in [-0.2, 0) is 11.3 Å². The third-order valence-corrected chi connectivity index (χ3v) is 4.77. The Kier molecular flexibility index (Phi) is 3.61. The van der Waals surface area contributed by atoms with E-state index >= 15 is 0 Å². The Hall–Kier alpha value is -1.83. The second kappa shape index (κ2) is 5.75. The molecule has 4 rings (SSSR count). The molecule has 22 heavy (non-hydrogen) atoms. The predicted molar refractivity (Wildman–Crippen MR) is 84.9 cm³/mol. The van der Waals surface area contributed by atoms with Crippen LogP contribution in [0.25, 0.3) is 15.5 Å². The second-order valence-electron chi connectivity index (χ2n) is 5.47. The van der Waals surface area contributed by atoms with Crippen molar-refractivity contribution in [2.75, 3.05) is 26.3 Å². The molecule has 0 unspecified atom stereocenters. The van der Waals surface area contributed by atoms with Crippen molar-refractivity contribution < 1.29 is 4.74 Å². The molecule has 0 amide bonds. The molecule has 1 aliphatic heterocycles. The van der Waals surface area contributed by atoms with Gasteiger partial charge in [-0.3, -0.25) is 4.90 Å². The van der Waals surface area contributed by atoms with Crippen molar-refractivity contribution in [3.63, 3.8) is 0 Å². The summed E-state index contributed by atoms with van der Waals surface area (Å²) >= 11 is 1.57. The van der Waals surface area contributed by atoms with Crippen LogP contribution in [0.1, 0.15) is 11.4 Å². The summed E-state index contributed by atoms with van der Waals surface area (Å²) in [6.07, 6.45) is 0. The summed E-state index contributed by atoms with van der Waals surface area (Å²) in [7, 11) is 0. The van der Waals surface area contributed by atoms with Crippen LogP contribution in [0, 0.1) is 6.92 Å². The van der Waals surface area contributed by atoms with Gasteiger partial charge in [-0.25, -0.2) is 0 Å². The molecule has 0 N–H and O–H groups in total. The second-order valence-corrected chi connectivity index (χ2v) is 6.43. The SMILES string of the molecule is Cc1ccc(-c2nn3c(CN4CCOCC4)nnc3s2)cc1.